The highest BCUT2D eigenvalue weighted by Gasteiger charge is 2.25. The first kappa shape index (κ1) is 13.1. The Morgan fingerprint density at radius 1 is 1.35 bits per heavy atom. The van der Waals surface area contributed by atoms with Crippen LogP contribution in [0.3, 0.4) is 0 Å². The molecular weight excluding hydrogens is 277 g/mol. The highest BCUT2D eigenvalue weighted by molar-refractivity contribution is 7.80. The Bertz CT molecular complexity index is 730. The first-order valence-electron chi connectivity index (χ1n) is 6.41. The van der Waals surface area contributed by atoms with Gasteiger partial charge >= 0.3 is 5.69 Å². The van der Waals surface area contributed by atoms with E-state index in [2.05, 4.69) is 0 Å². The third-order valence-electron chi connectivity index (χ3n) is 3.41. The van der Waals surface area contributed by atoms with Gasteiger partial charge in [0.05, 0.1) is 6.54 Å². The van der Waals surface area contributed by atoms with Gasteiger partial charge in [-0.15, -0.1) is 0 Å². The highest BCUT2D eigenvalue weighted by Crippen LogP contribution is 2.33. The van der Waals surface area contributed by atoms with E-state index < -0.39 is 5.82 Å². The van der Waals surface area contributed by atoms with Crippen LogP contribution in [-0.2, 0) is 6.54 Å². The molecular formula is C14H14FN3OS. The molecule has 20 heavy (non-hydrogen) atoms. The van der Waals surface area contributed by atoms with Gasteiger partial charge in [0.1, 0.15) is 10.8 Å². The van der Waals surface area contributed by atoms with Crippen LogP contribution in [-0.4, -0.2) is 14.1 Å². The van der Waals surface area contributed by atoms with E-state index >= 15 is 0 Å². The molecule has 1 saturated carbocycles. The summed E-state index contributed by atoms with van der Waals surface area (Å²) in [4.78, 5) is 12.3. The summed E-state index contributed by atoms with van der Waals surface area (Å²) in [6, 6.07) is 4.74. The van der Waals surface area contributed by atoms with Gasteiger partial charge in [0, 0.05) is 24.0 Å². The zero-order chi connectivity index (χ0) is 14.3. The van der Waals surface area contributed by atoms with Crippen LogP contribution in [0.15, 0.2) is 35.4 Å². The van der Waals surface area contributed by atoms with Gasteiger partial charge in [0.2, 0.25) is 0 Å². The van der Waals surface area contributed by atoms with Crippen molar-refractivity contribution < 1.29 is 4.39 Å². The highest BCUT2D eigenvalue weighted by atomic mass is 32.1. The fraction of sp³-hybridized carbons (Fsp3) is 0.286. The monoisotopic (exact) mass is 291 g/mol. The zero-order valence-electron chi connectivity index (χ0n) is 10.8. The van der Waals surface area contributed by atoms with Gasteiger partial charge in [0.25, 0.3) is 0 Å². The number of imidazole rings is 1. The third kappa shape index (κ3) is 2.51. The normalized spacial score (nSPS) is 14.4. The summed E-state index contributed by atoms with van der Waals surface area (Å²) in [5.41, 5.74) is 6.60. The molecule has 1 aliphatic carbocycles. The number of thiocarbonyl (C=S) groups is 1. The second-order valence-corrected chi connectivity index (χ2v) is 5.50. The Kier molecular flexibility index (Phi) is 3.17. The van der Waals surface area contributed by atoms with Crippen molar-refractivity contribution in [2.24, 2.45) is 5.73 Å². The van der Waals surface area contributed by atoms with Crippen molar-refractivity contribution in [1.82, 2.24) is 9.13 Å². The van der Waals surface area contributed by atoms with Crippen molar-refractivity contribution in [3.63, 3.8) is 0 Å². The van der Waals surface area contributed by atoms with E-state index in [0.29, 0.717) is 23.7 Å². The number of hydrogen-bond acceptors (Lipinski definition) is 2. The van der Waals surface area contributed by atoms with Gasteiger partial charge in [-0.3, -0.25) is 9.13 Å². The van der Waals surface area contributed by atoms with Crippen LogP contribution in [0, 0.1) is 5.82 Å². The standard InChI is InChI=1S/C14H14FN3OS/c15-11-6-9(5-10(7-11)13(16)20)8-17-3-4-18(14(17)19)12-1-2-12/h3-7,12H,1-2,8H2,(H2,16,20). The van der Waals surface area contributed by atoms with E-state index in [9.17, 15) is 9.18 Å². The summed E-state index contributed by atoms with van der Waals surface area (Å²) < 4.78 is 16.8. The SMILES string of the molecule is NC(=S)c1cc(F)cc(Cn2ccn(C3CC3)c2=O)c1. The number of hydrogen-bond donors (Lipinski definition) is 1. The van der Waals surface area contributed by atoms with Crippen LogP contribution in [0.5, 0.6) is 0 Å². The molecule has 3 rings (SSSR count). The van der Waals surface area contributed by atoms with E-state index in [1.54, 1.807) is 27.6 Å². The van der Waals surface area contributed by atoms with E-state index in [1.807, 2.05) is 0 Å². The van der Waals surface area contributed by atoms with E-state index in [0.717, 1.165) is 12.8 Å². The van der Waals surface area contributed by atoms with Crippen molar-refractivity contribution in [2.45, 2.75) is 25.4 Å². The Morgan fingerprint density at radius 3 is 2.75 bits per heavy atom. The van der Waals surface area contributed by atoms with Crippen molar-refractivity contribution >= 4 is 17.2 Å². The minimum Gasteiger partial charge on any atom is -0.389 e. The second-order valence-electron chi connectivity index (χ2n) is 5.06. The number of rotatable bonds is 4. The second kappa shape index (κ2) is 4.86. The van der Waals surface area contributed by atoms with Crippen LogP contribution in [0.1, 0.15) is 30.0 Å². The molecule has 2 aromatic rings. The van der Waals surface area contributed by atoms with E-state index in [-0.39, 0.29) is 10.7 Å². The maximum atomic E-state index is 13.5. The molecule has 0 spiro atoms. The Balaban J connectivity index is 1.91. The molecule has 0 atom stereocenters. The van der Waals surface area contributed by atoms with Gasteiger partial charge in [-0.1, -0.05) is 12.2 Å². The summed E-state index contributed by atoms with van der Waals surface area (Å²) in [6.45, 7) is 0.311. The van der Waals surface area contributed by atoms with Gasteiger partial charge in [0.15, 0.2) is 0 Å². The van der Waals surface area contributed by atoms with Crippen molar-refractivity contribution in [1.29, 1.82) is 0 Å². The largest absolute Gasteiger partial charge is 0.389 e. The smallest absolute Gasteiger partial charge is 0.328 e. The summed E-state index contributed by atoms with van der Waals surface area (Å²) in [7, 11) is 0. The Morgan fingerprint density at radius 2 is 2.10 bits per heavy atom. The number of halogens is 1. The molecule has 1 aromatic heterocycles. The molecule has 104 valence electrons. The molecule has 0 unspecified atom stereocenters. The van der Waals surface area contributed by atoms with Crippen LogP contribution < -0.4 is 11.4 Å². The topological polar surface area (TPSA) is 52.9 Å². The molecule has 0 saturated heterocycles. The van der Waals surface area contributed by atoms with Gasteiger partial charge in [-0.05, 0) is 36.6 Å². The summed E-state index contributed by atoms with van der Waals surface area (Å²) in [6.07, 6.45) is 5.62. The molecule has 1 fully saturated rings. The van der Waals surface area contributed by atoms with Crippen LogP contribution in [0.2, 0.25) is 0 Å². The number of nitrogens with two attached hydrogens (primary N) is 1. The van der Waals surface area contributed by atoms with Crippen LogP contribution in [0.4, 0.5) is 4.39 Å². The Hall–Kier alpha value is -1.95. The van der Waals surface area contributed by atoms with Gasteiger partial charge < -0.3 is 5.73 Å². The predicted octanol–water partition coefficient (Wildman–Crippen LogP) is 1.81. The first-order valence-corrected chi connectivity index (χ1v) is 6.82. The fourth-order valence-corrected chi connectivity index (χ4v) is 2.38. The van der Waals surface area contributed by atoms with Crippen molar-refractivity contribution in [2.75, 3.05) is 0 Å². The lowest BCUT2D eigenvalue weighted by molar-refractivity contribution is 0.619. The van der Waals surface area contributed by atoms with Gasteiger partial charge in [-0.25, -0.2) is 9.18 Å². The molecule has 0 aliphatic heterocycles. The number of nitrogens with zero attached hydrogens (tertiary/aromatic N) is 2. The quantitative estimate of drug-likeness (QED) is 0.874. The molecule has 2 N–H and O–H groups in total. The van der Waals surface area contributed by atoms with Crippen LogP contribution >= 0.6 is 12.2 Å². The van der Waals surface area contributed by atoms with E-state index in [1.165, 1.54) is 12.1 Å². The summed E-state index contributed by atoms with van der Waals surface area (Å²) >= 11 is 4.86. The lowest BCUT2D eigenvalue weighted by Crippen LogP contribution is -2.24. The fourth-order valence-electron chi connectivity index (χ4n) is 2.26. The summed E-state index contributed by atoms with van der Waals surface area (Å²) in [5.74, 6) is -0.403. The average Bonchev–Trinajstić information content (AvgIpc) is 3.16. The van der Waals surface area contributed by atoms with E-state index in [4.69, 9.17) is 18.0 Å². The average molecular weight is 291 g/mol. The molecule has 4 nitrogen and oxygen atoms in total. The predicted molar refractivity (Wildman–Crippen MR) is 78.4 cm³/mol. The number of aromatic nitrogens is 2. The first-order chi connectivity index (χ1) is 9.54. The Labute approximate surface area is 120 Å². The van der Waals surface area contributed by atoms with Gasteiger partial charge in [-0.2, -0.15) is 0 Å². The maximum Gasteiger partial charge on any atom is 0.328 e. The lowest BCUT2D eigenvalue weighted by Gasteiger charge is -2.06. The van der Waals surface area contributed by atoms with Crippen molar-refractivity contribution in [3.05, 3.63) is 58.0 Å². The van der Waals surface area contributed by atoms with Crippen molar-refractivity contribution in [3.8, 4) is 0 Å². The minimum absolute atomic E-state index is 0.0614. The van der Waals surface area contributed by atoms with Crippen LogP contribution in [0.25, 0.3) is 0 Å². The lowest BCUT2D eigenvalue weighted by atomic mass is 10.1. The molecule has 0 radical (unpaired) electrons. The molecule has 1 heterocycles. The maximum absolute atomic E-state index is 13.5. The minimum atomic E-state index is -0.403. The number of benzene rings is 1. The molecule has 1 aromatic carbocycles. The third-order valence-corrected chi connectivity index (χ3v) is 3.64. The zero-order valence-corrected chi connectivity index (χ0v) is 11.6. The molecule has 1 aliphatic rings. The molecule has 6 heteroatoms. The molecule has 0 amide bonds. The molecule has 0 bridgehead atoms. The summed E-state index contributed by atoms with van der Waals surface area (Å²) in [5, 5.41) is 0.